The molecular weight excluding hydrogens is 249 g/mol. The van der Waals surface area contributed by atoms with Crippen LogP contribution in [0.5, 0.6) is 0 Å². The molecule has 0 aromatic heterocycles. The summed E-state index contributed by atoms with van der Waals surface area (Å²) in [6, 6.07) is 5.62. The van der Waals surface area contributed by atoms with E-state index >= 15 is 0 Å². The predicted molar refractivity (Wildman–Crippen MR) is 74.7 cm³/mol. The lowest BCUT2D eigenvalue weighted by Crippen LogP contribution is -2.29. The summed E-state index contributed by atoms with van der Waals surface area (Å²) in [5.41, 5.74) is 0.837. The molecule has 18 heavy (non-hydrogen) atoms. The number of hydrogen-bond acceptors (Lipinski definition) is 1. The molecule has 2 unspecified atom stereocenters. The third-order valence-corrected chi connectivity index (χ3v) is 4.05. The quantitative estimate of drug-likeness (QED) is 0.797. The first-order valence-corrected chi connectivity index (χ1v) is 7.26. The molecular formula is C15H21ClFN. The van der Waals surface area contributed by atoms with Crippen LogP contribution >= 0.6 is 11.6 Å². The highest BCUT2D eigenvalue weighted by atomic mass is 35.5. The lowest BCUT2D eigenvalue weighted by molar-refractivity contribution is 0.441. The van der Waals surface area contributed by atoms with Crippen molar-refractivity contribution in [2.45, 2.75) is 51.0 Å². The van der Waals surface area contributed by atoms with E-state index in [1.807, 2.05) is 6.07 Å². The Morgan fingerprint density at radius 3 is 2.83 bits per heavy atom. The highest BCUT2D eigenvalue weighted by Gasteiger charge is 2.23. The van der Waals surface area contributed by atoms with E-state index < -0.39 is 0 Å². The Kier molecular flexibility index (Phi) is 5.02. The average Bonchev–Trinajstić information content (AvgIpc) is 2.55. The van der Waals surface area contributed by atoms with Crippen molar-refractivity contribution in [3.63, 3.8) is 0 Å². The first-order valence-electron chi connectivity index (χ1n) is 6.89. The fourth-order valence-electron chi connectivity index (χ4n) is 2.95. The molecule has 1 aliphatic rings. The van der Waals surface area contributed by atoms with Crippen molar-refractivity contribution in [3.8, 4) is 0 Å². The zero-order valence-corrected chi connectivity index (χ0v) is 11.6. The van der Waals surface area contributed by atoms with Crippen LogP contribution in [-0.2, 0) is 0 Å². The molecule has 1 aliphatic carbocycles. The van der Waals surface area contributed by atoms with E-state index in [9.17, 15) is 4.39 Å². The van der Waals surface area contributed by atoms with Crippen LogP contribution in [-0.4, -0.2) is 12.6 Å². The molecule has 100 valence electrons. The second-order valence-electron chi connectivity index (χ2n) is 5.14. The van der Waals surface area contributed by atoms with Gasteiger partial charge >= 0.3 is 0 Å². The Morgan fingerprint density at radius 2 is 2.11 bits per heavy atom. The van der Waals surface area contributed by atoms with Crippen molar-refractivity contribution in [1.82, 2.24) is 5.32 Å². The molecule has 1 nitrogen and oxygen atoms in total. The Morgan fingerprint density at radius 1 is 1.33 bits per heavy atom. The molecule has 3 heteroatoms. The highest BCUT2D eigenvalue weighted by molar-refractivity contribution is 6.30. The van der Waals surface area contributed by atoms with Crippen LogP contribution in [0.1, 0.15) is 50.5 Å². The molecule has 0 saturated heterocycles. The van der Waals surface area contributed by atoms with Crippen LogP contribution in [0.2, 0.25) is 5.02 Å². The molecule has 1 N–H and O–H groups in total. The van der Waals surface area contributed by atoms with Gasteiger partial charge in [0.1, 0.15) is 5.82 Å². The molecule has 0 radical (unpaired) electrons. The van der Waals surface area contributed by atoms with Crippen molar-refractivity contribution in [2.75, 3.05) is 6.54 Å². The number of benzene rings is 1. The summed E-state index contributed by atoms with van der Waals surface area (Å²) in [5.74, 6) is 0.179. The molecule has 0 amide bonds. The van der Waals surface area contributed by atoms with Gasteiger partial charge in [-0.15, -0.1) is 0 Å². The molecule has 2 atom stereocenters. The summed E-state index contributed by atoms with van der Waals surface area (Å²) in [5, 5.41) is 3.99. The van der Waals surface area contributed by atoms with Gasteiger partial charge in [-0.2, -0.15) is 0 Å². The molecule has 2 rings (SSSR count). The van der Waals surface area contributed by atoms with E-state index in [0.29, 0.717) is 17.0 Å². The van der Waals surface area contributed by atoms with Crippen molar-refractivity contribution in [1.29, 1.82) is 0 Å². The Hall–Kier alpha value is -0.600. The number of hydrogen-bond donors (Lipinski definition) is 1. The molecule has 1 saturated carbocycles. The van der Waals surface area contributed by atoms with E-state index in [4.69, 9.17) is 11.6 Å². The minimum absolute atomic E-state index is 0.148. The van der Waals surface area contributed by atoms with Crippen molar-refractivity contribution >= 4 is 11.6 Å². The van der Waals surface area contributed by atoms with Gasteiger partial charge < -0.3 is 5.32 Å². The molecule has 1 aromatic carbocycles. The monoisotopic (exact) mass is 269 g/mol. The van der Waals surface area contributed by atoms with E-state index in [1.165, 1.54) is 25.3 Å². The van der Waals surface area contributed by atoms with Gasteiger partial charge in [-0.05, 0) is 49.4 Å². The second-order valence-corrected chi connectivity index (χ2v) is 5.57. The lowest BCUT2D eigenvalue weighted by Gasteiger charge is -2.21. The maximum Gasteiger partial charge on any atom is 0.128 e. The van der Waals surface area contributed by atoms with Crippen LogP contribution in [0.3, 0.4) is 0 Å². The third-order valence-electron chi connectivity index (χ3n) is 3.82. The molecule has 1 aromatic rings. The zero-order chi connectivity index (χ0) is 13.0. The topological polar surface area (TPSA) is 12.0 Å². The minimum atomic E-state index is -0.148. The molecule has 1 fully saturated rings. The van der Waals surface area contributed by atoms with E-state index in [2.05, 4.69) is 12.2 Å². The summed E-state index contributed by atoms with van der Waals surface area (Å²) in [7, 11) is 0. The van der Waals surface area contributed by atoms with Gasteiger partial charge in [0.25, 0.3) is 0 Å². The number of nitrogens with one attached hydrogen (secondary N) is 1. The summed E-state index contributed by atoms with van der Waals surface area (Å²) in [6.45, 7) is 3.11. The van der Waals surface area contributed by atoms with Gasteiger partial charge in [-0.3, -0.25) is 0 Å². The van der Waals surface area contributed by atoms with Crippen molar-refractivity contribution in [3.05, 3.63) is 34.6 Å². The van der Waals surface area contributed by atoms with Crippen molar-refractivity contribution in [2.24, 2.45) is 0 Å². The average molecular weight is 270 g/mol. The Balaban J connectivity index is 2.14. The summed E-state index contributed by atoms with van der Waals surface area (Å²) in [4.78, 5) is 0. The number of halogens is 2. The van der Waals surface area contributed by atoms with E-state index in [-0.39, 0.29) is 5.82 Å². The van der Waals surface area contributed by atoms with E-state index in [0.717, 1.165) is 24.9 Å². The first kappa shape index (κ1) is 13.8. The second kappa shape index (κ2) is 6.53. The maximum atomic E-state index is 14.0. The van der Waals surface area contributed by atoms with Gasteiger partial charge in [0.2, 0.25) is 0 Å². The highest BCUT2D eigenvalue weighted by Crippen LogP contribution is 2.34. The Labute approximate surface area is 114 Å². The fraction of sp³-hybridized carbons (Fsp3) is 0.600. The normalized spacial score (nSPS) is 24.8. The van der Waals surface area contributed by atoms with Gasteiger partial charge in [0.05, 0.1) is 0 Å². The zero-order valence-electron chi connectivity index (χ0n) is 10.9. The standard InChI is InChI=1S/C15H21ClFN/c1-2-18-13-6-4-3-5-11(9-13)14-8-7-12(16)10-15(14)17/h7-8,10-11,13,18H,2-6,9H2,1H3. The molecule has 0 heterocycles. The SMILES string of the molecule is CCNC1CCCCC(c2ccc(Cl)cc2F)C1. The van der Waals surface area contributed by atoms with Gasteiger partial charge in [-0.25, -0.2) is 4.39 Å². The van der Waals surface area contributed by atoms with Gasteiger partial charge in [0, 0.05) is 11.1 Å². The van der Waals surface area contributed by atoms with Crippen LogP contribution < -0.4 is 5.32 Å². The van der Waals surface area contributed by atoms with Gasteiger partial charge in [0.15, 0.2) is 0 Å². The van der Waals surface area contributed by atoms with E-state index in [1.54, 1.807) is 6.07 Å². The van der Waals surface area contributed by atoms with Crippen LogP contribution in [0.15, 0.2) is 18.2 Å². The predicted octanol–water partition coefficient (Wildman–Crippen LogP) is 4.50. The molecule has 0 aliphatic heterocycles. The molecule has 0 bridgehead atoms. The fourth-order valence-corrected chi connectivity index (χ4v) is 3.11. The lowest BCUT2D eigenvalue weighted by atomic mass is 9.90. The largest absolute Gasteiger partial charge is 0.314 e. The van der Waals surface area contributed by atoms with Crippen LogP contribution in [0, 0.1) is 5.82 Å². The smallest absolute Gasteiger partial charge is 0.128 e. The summed E-state index contributed by atoms with van der Waals surface area (Å²) in [6.07, 6.45) is 5.75. The van der Waals surface area contributed by atoms with Crippen LogP contribution in [0.25, 0.3) is 0 Å². The first-order chi connectivity index (χ1) is 8.70. The Bertz CT molecular complexity index is 394. The summed E-state index contributed by atoms with van der Waals surface area (Å²) < 4.78 is 14.0. The third kappa shape index (κ3) is 3.46. The maximum absolute atomic E-state index is 14.0. The van der Waals surface area contributed by atoms with Gasteiger partial charge in [-0.1, -0.05) is 37.4 Å². The summed E-state index contributed by atoms with van der Waals surface area (Å²) >= 11 is 5.81. The minimum Gasteiger partial charge on any atom is -0.314 e. The number of rotatable bonds is 3. The van der Waals surface area contributed by atoms with Crippen LogP contribution in [0.4, 0.5) is 4.39 Å². The van der Waals surface area contributed by atoms with Crippen molar-refractivity contribution < 1.29 is 4.39 Å². The molecule has 0 spiro atoms.